The molecule has 0 radical (unpaired) electrons. The Labute approximate surface area is 193 Å². The van der Waals surface area contributed by atoms with Crippen LogP contribution in [0.2, 0.25) is 0 Å². The van der Waals surface area contributed by atoms with Crippen LogP contribution in [0.1, 0.15) is 31.9 Å². The second kappa shape index (κ2) is 9.50. The molecule has 2 aromatic carbocycles. The predicted octanol–water partition coefficient (Wildman–Crippen LogP) is 3.76. The average Bonchev–Trinajstić information content (AvgIpc) is 2.76. The Morgan fingerprint density at radius 2 is 1.53 bits per heavy atom. The van der Waals surface area contributed by atoms with E-state index in [2.05, 4.69) is 15.0 Å². The van der Waals surface area contributed by atoms with Crippen molar-refractivity contribution in [2.75, 3.05) is 0 Å². The van der Waals surface area contributed by atoms with Gasteiger partial charge in [0.25, 0.3) is 11.1 Å². The molecule has 0 bridgehead atoms. The summed E-state index contributed by atoms with van der Waals surface area (Å²) in [6, 6.07) is 5.43. The molecule has 1 N–H and O–H groups in total. The van der Waals surface area contributed by atoms with Gasteiger partial charge in [-0.1, -0.05) is 0 Å². The fourth-order valence-corrected chi connectivity index (χ4v) is 2.92. The van der Waals surface area contributed by atoms with Crippen LogP contribution < -0.4 is 11.1 Å². The molecule has 0 aliphatic carbocycles. The molecular formula is C24H24F2N4O4. The van der Waals surface area contributed by atoms with E-state index in [4.69, 9.17) is 4.74 Å². The van der Waals surface area contributed by atoms with Crippen molar-refractivity contribution in [1.82, 2.24) is 19.5 Å². The van der Waals surface area contributed by atoms with Gasteiger partial charge in [0.15, 0.2) is 6.73 Å². The first-order valence-corrected chi connectivity index (χ1v) is 10.3. The normalized spacial score (nSPS) is 11.3. The second-order valence-corrected chi connectivity index (χ2v) is 8.80. The van der Waals surface area contributed by atoms with Crippen LogP contribution >= 0.6 is 0 Å². The van der Waals surface area contributed by atoms with Crippen LogP contribution in [-0.4, -0.2) is 25.5 Å². The molecule has 10 heteroatoms. The lowest BCUT2D eigenvalue weighted by Gasteiger charge is -2.17. The highest BCUT2D eigenvalue weighted by Gasteiger charge is 2.23. The highest BCUT2D eigenvalue weighted by Crippen LogP contribution is 2.16. The predicted molar refractivity (Wildman–Crippen MR) is 123 cm³/mol. The van der Waals surface area contributed by atoms with Crippen molar-refractivity contribution in [1.29, 1.82) is 0 Å². The van der Waals surface area contributed by atoms with Gasteiger partial charge < -0.3 is 9.72 Å². The quantitative estimate of drug-likeness (QED) is 0.447. The van der Waals surface area contributed by atoms with E-state index in [0.29, 0.717) is 27.4 Å². The van der Waals surface area contributed by atoms with Crippen LogP contribution in [0.3, 0.4) is 0 Å². The van der Waals surface area contributed by atoms with Gasteiger partial charge in [-0.25, -0.2) is 18.7 Å². The van der Waals surface area contributed by atoms with E-state index in [0.717, 1.165) is 0 Å². The number of fused-ring (bicyclic) bond motifs is 2. The molecule has 4 rings (SSSR count). The number of benzene rings is 2. The van der Waals surface area contributed by atoms with E-state index in [1.54, 1.807) is 34.6 Å². The summed E-state index contributed by atoms with van der Waals surface area (Å²) in [5.74, 6) is -1.17. The molecule has 0 aliphatic rings. The SMILES string of the molecule is Cc1cc2c(=O)[nH]cnc2cc1F.Cc1cc2c(=O)n(COC(=O)C(C)(C)C)cnc2cc1F. The molecule has 2 aromatic heterocycles. The second-order valence-electron chi connectivity index (χ2n) is 8.80. The monoisotopic (exact) mass is 470 g/mol. The van der Waals surface area contributed by atoms with E-state index in [9.17, 15) is 23.2 Å². The summed E-state index contributed by atoms with van der Waals surface area (Å²) < 4.78 is 32.7. The number of esters is 1. The van der Waals surface area contributed by atoms with Gasteiger partial charge in [0.1, 0.15) is 18.0 Å². The zero-order valence-electron chi connectivity index (χ0n) is 19.4. The number of ether oxygens (including phenoxy) is 1. The Balaban J connectivity index is 0.000000212. The van der Waals surface area contributed by atoms with Gasteiger partial charge in [-0.05, 0) is 57.9 Å². The molecule has 178 valence electrons. The van der Waals surface area contributed by atoms with Gasteiger partial charge in [0.05, 0.1) is 33.5 Å². The van der Waals surface area contributed by atoms with Crippen molar-refractivity contribution >= 4 is 27.8 Å². The Kier molecular flexibility index (Phi) is 6.90. The molecule has 0 atom stereocenters. The number of hydrogen-bond donors (Lipinski definition) is 1. The minimum atomic E-state index is -0.645. The molecule has 0 saturated heterocycles. The zero-order valence-corrected chi connectivity index (χ0v) is 19.4. The van der Waals surface area contributed by atoms with E-state index in [1.165, 1.54) is 41.5 Å². The summed E-state index contributed by atoms with van der Waals surface area (Å²) in [5.41, 5.74) is 0.219. The molecule has 0 fully saturated rings. The van der Waals surface area contributed by atoms with Gasteiger partial charge in [-0.3, -0.25) is 19.0 Å². The maximum absolute atomic E-state index is 13.4. The molecule has 0 amide bonds. The fraction of sp³-hybridized carbons (Fsp3) is 0.292. The highest BCUT2D eigenvalue weighted by molar-refractivity contribution is 5.79. The topological polar surface area (TPSA) is 107 Å². The zero-order chi connectivity index (χ0) is 25.2. The molecule has 34 heavy (non-hydrogen) atoms. The number of nitrogens with one attached hydrogen (secondary N) is 1. The lowest BCUT2D eigenvalue weighted by molar-refractivity contribution is -0.157. The molecule has 4 aromatic rings. The van der Waals surface area contributed by atoms with Gasteiger partial charge in [0.2, 0.25) is 0 Å². The third kappa shape index (κ3) is 5.33. The average molecular weight is 470 g/mol. The van der Waals surface area contributed by atoms with Crippen LogP contribution in [0.4, 0.5) is 8.78 Å². The van der Waals surface area contributed by atoms with Gasteiger partial charge in [0, 0.05) is 12.1 Å². The number of hydrogen-bond acceptors (Lipinski definition) is 6. The van der Waals surface area contributed by atoms with Gasteiger partial charge >= 0.3 is 5.97 Å². The summed E-state index contributed by atoms with van der Waals surface area (Å²) in [4.78, 5) is 45.5. The maximum Gasteiger partial charge on any atom is 0.312 e. The van der Waals surface area contributed by atoms with Gasteiger partial charge in [-0.15, -0.1) is 0 Å². The lowest BCUT2D eigenvalue weighted by Crippen LogP contribution is -2.28. The molecule has 8 nitrogen and oxygen atoms in total. The van der Waals surface area contributed by atoms with Crippen LogP contribution in [0, 0.1) is 30.9 Å². The molecule has 0 saturated carbocycles. The number of carbonyl (C=O) groups is 1. The third-order valence-corrected chi connectivity index (χ3v) is 4.97. The lowest BCUT2D eigenvalue weighted by atomic mass is 9.98. The van der Waals surface area contributed by atoms with Crippen LogP contribution in [0.15, 0.2) is 46.5 Å². The Hall–Kier alpha value is -3.95. The Bertz CT molecular complexity index is 1500. The van der Waals surface area contributed by atoms with Gasteiger partial charge in [-0.2, -0.15) is 0 Å². The first-order valence-electron chi connectivity index (χ1n) is 10.3. The highest BCUT2D eigenvalue weighted by atomic mass is 19.1. The molecule has 0 spiro atoms. The molecule has 0 aliphatic heterocycles. The van der Waals surface area contributed by atoms with E-state index in [1.807, 2.05) is 0 Å². The summed E-state index contributed by atoms with van der Waals surface area (Å²) in [5, 5.41) is 0.713. The Morgan fingerprint density at radius 3 is 2.12 bits per heavy atom. The number of rotatable bonds is 2. The Morgan fingerprint density at radius 1 is 0.971 bits per heavy atom. The van der Waals surface area contributed by atoms with Crippen molar-refractivity contribution in [2.24, 2.45) is 5.41 Å². The number of aromatic amines is 1. The largest absolute Gasteiger partial charge is 0.443 e. The van der Waals surface area contributed by atoms with E-state index >= 15 is 0 Å². The van der Waals surface area contributed by atoms with Crippen molar-refractivity contribution in [3.05, 3.63) is 80.4 Å². The number of carbonyl (C=O) groups excluding carboxylic acids is 1. The molecule has 0 unspecified atom stereocenters. The summed E-state index contributed by atoms with van der Waals surface area (Å²) in [6.45, 7) is 8.15. The van der Waals surface area contributed by atoms with Crippen LogP contribution in [0.5, 0.6) is 0 Å². The van der Waals surface area contributed by atoms with Crippen molar-refractivity contribution in [2.45, 2.75) is 41.3 Å². The minimum Gasteiger partial charge on any atom is -0.443 e. The summed E-state index contributed by atoms with van der Waals surface area (Å²) >= 11 is 0. The molecular weight excluding hydrogens is 446 g/mol. The van der Waals surface area contributed by atoms with E-state index in [-0.39, 0.29) is 29.2 Å². The van der Waals surface area contributed by atoms with E-state index < -0.39 is 17.2 Å². The number of aromatic nitrogens is 4. The summed E-state index contributed by atoms with van der Waals surface area (Å²) in [7, 11) is 0. The first-order chi connectivity index (χ1) is 15.9. The van der Waals surface area contributed by atoms with Crippen molar-refractivity contribution in [3.63, 3.8) is 0 Å². The number of aryl methyl sites for hydroxylation is 2. The summed E-state index contributed by atoms with van der Waals surface area (Å²) in [6.07, 6.45) is 2.51. The maximum atomic E-state index is 13.4. The molecule has 2 heterocycles. The third-order valence-electron chi connectivity index (χ3n) is 4.97. The smallest absolute Gasteiger partial charge is 0.312 e. The van der Waals surface area contributed by atoms with Crippen molar-refractivity contribution in [3.8, 4) is 0 Å². The van der Waals surface area contributed by atoms with Crippen molar-refractivity contribution < 1.29 is 18.3 Å². The number of H-pyrrole nitrogens is 1. The van der Waals surface area contributed by atoms with Crippen LogP contribution in [0.25, 0.3) is 21.8 Å². The first kappa shape index (κ1) is 24.7. The van der Waals surface area contributed by atoms with Crippen LogP contribution in [-0.2, 0) is 16.3 Å². The fourth-order valence-electron chi connectivity index (χ4n) is 2.92. The minimum absolute atomic E-state index is 0.214. The number of nitrogens with zero attached hydrogens (tertiary/aromatic N) is 3. The number of halogens is 2. The standard InChI is InChI=1S/C15H17FN2O3.C9H7FN2O/c1-9-5-10-12(6-11(9)16)17-7-18(13(10)19)8-21-14(20)15(2,3)4;1-5-2-6-8(3-7(5)10)11-4-12-9(6)13/h5-7H,8H2,1-4H3;2-4H,1H3,(H,11,12,13).